The fourth-order valence-electron chi connectivity index (χ4n) is 2.36. The molecule has 0 aliphatic carbocycles. The molecule has 0 radical (unpaired) electrons. The summed E-state index contributed by atoms with van der Waals surface area (Å²) in [7, 11) is 0. The van der Waals surface area contributed by atoms with Crippen LogP contribution < -0.4 is 5.32 Å². The van der Waals surface area contributed by atoms with Crippen LogP contribution in [0.25, 0.3) is 0 Å². The highest BCUT2D eigenvalue weighted by Crippen LogP contribution is 2.18. The molecule has 1 fully saturated rings. The fraction of sp³-hybridized carbons (Fsp3) is 1.00. The number of rotatable bonds is 5. The molecule has 3 atom stereocenters. The molecule has 1 saturated heterocycles. The molecular weight excluding hydrogens is 184 g/mol. The minimum absolute atomic E-state index is 0.762. The van der Waals surface area contributed by atoms with E-state index in [-0.39, 0.29) is 0 Å². The zero-order valence-corrected chi connectivity index (χ0v) is 10.9. The van der Waals surface area contributed by atoms with Crippen LogP contribution in [0, 0.1) is 11.8 Å². The average Bonchev–Trinajstić information content (AvgIpc) is 2.28. The summed E-state index contributed by atoms with van der Waals surface area (Å²) in [5.74, 6) is 1.66. The SMILES string of the molecule is CCC(C)CN1CCNCC1C(C)CC. The van der Waals surface area contributed by atoms with E-state index >= 15 is 0 Å². The first kappa shape index (κ1) is 13.0. The molecule has 0 aromatic rings. The average molecular weight is 212 g/mol. The summed E-state index contributed by atoms with van der Waals surface area (Å²) in [5.41, 5.74) is 0. The van der Waals surface area contributed by atoms with Crippen LogP contribution in [0.3, 0.4) is 0 Å². The van der Waals surface area contributed by atoms with Crippen LogP contribution in [0.2, 0.25) is 0 Å². The smallest absolute Gasteiger partial charge is 0.0246 e. The molecule has 2 heteroatoms. The molecule has 0 aromatic heterocycles. The largest absolute Gasteiger partial charge is 0.314 e. The van der Waals surface area contributed by atoms with Crippen molar-refractivity contribution in [1.82, 2.24) is 10.2 Å². The molecule has 1 rings (SSSR count). The summed E-state index contributed by atoms with van der Waals surface area (Å²) >= 11 is 0. The topological polar surface area (TPSA) is 15.3 Å². The normalized spacial score (nSPS) is 27.6. The minimum atomic E-state index is 0.762. The Bertz CT molecular complexity index is 170. The van der Waals surface area contributed by atoms with Gasteiger partial charge in [0.05, 0.1) is 0 Å². The second-order valence-electron chi connectivity index (χ2n) is 5.17. The Balaban J connectivity index is 2.49. The van der Waals surface area contributed by atoms with Gasteiger partial charge in [0.25, 0.3) is 0 Å². The van der Waals surface area contributed by atoms with Gasteiger partial charge in [-0.3, -0.25) is 4.90 Å². The molecule has 1 aliphatic rings. The van der Waals surface area contributed by atoms with Gasteiger partial charge in [-0.15, -0.1) is 0 Å². The second-order valence-corrected chi connectivity index (χ2v) is 5.17. The number of piperazine rings is 1. The highest BCUT2D eigenvalue weighted by Gasteiger charge is 2.26. The monoisotopic (exact) mass is 212 g/mol. The third-order valence-corrected chi connectivity index (χ3v) is 3.94. The molecule has 0 amide bonds. The molecule has 0 spiro atoms. The summed E-state index contributed by atoms with van der Waals surface area (Å²) in [4.78, 5) is 2.71. The molecule has 2 nitrogen and oxygen atoms in total. The molecule has 0 bridgehead atoms. The van der Waals surface area contributed by atoms with Crippen molar-refractivity contribution in [3.05, 3.63) is 0 Å². The first-order valence-electron chi connectivity index (χ1n) is 6.63. The van der Waals surface area contributed by atoms with Gasteiger partial charge in [0, 0.05) is 32.2 Å². The van der Waals surface area contributed by atoms with Gasteiger partial charge in [-0.25, -0.2) is 0 Å². The molecular formula is C13H28N2. The van der Waals surface area contributed by atoms with Crippen LogP contribution in [0.15, 0.2) is 0 Å². The van der Waals surface area contributed by atoms with Crippen molar-refractivity contribution in [3.8, 4) is 0 Å². The maximum absolute atomic E-state index is 3.53. The standard InChI is InChI=1S/C13H28N2/c1-5-11(3)10-15-8-7-14-9-13(15)12(4)6-2/h11-14H,5-10H2,1-4H3. The minimum Gasteiger partial charge on any atom is -0.314 e. The first-order valence-corrected chi connectivity index (χ1v) is 6.63. The van der Waals surface area contributed by atoms with Gasteiger partial charge < -0.3 is 5.32 Å². The van der Waals surface area contributed by atoms with Crippen molar-refractivity contribution in [3.63, 3.8) is 0 Å². The molecule has 0 aromatic carbocycles. The number of hydrogen-bond acceptors (Lipinski definition) is 2. The summed E-state index contributed by atoms with van der Waals surface area (Å²) in [6.45, 7) is 14.2. The Morgan fingerprint density at radius 3 is 2.60 bits per heavy atom. The van der Waals surface area contributed by atoms with E-state index in [0.717, 1.165) is 17.9 Å². The zero-order chi connectivity index (χ0) is 11.3. The Labute approximate surface area is 95.4 Å². The van der Waals surface area contributed by atoms with Crippen LogP contribution in [0.1, 0.15) is 40.5 Å². The first-order chi connectivity index (χ1) is 7.19. The summed E-state index contributed by atoms with van der Waals surface area (Å²) in [6, 6.07) is 0.762. The van der Waals surface area contributed by atoms with Crippen LogP contribution in [0.4, 0.5) is 0 Å². The van der Waals surface area contributed by atoms with Crippen LogP contribution in [-0.2, 0) is 0 Å². The molecule has 90 valence electrons. The lowest BCUT2D eigenvalue weighted by atomic mass is 9.94. The van der Waals surface area contributed by atoms with E-state index in [1.807, 2.05) is 0 Å². The van der Waals surface area contributed by atoms with Crippen molar-refractivity contribution >= 4 is 0 Å². The number of hydrogen-bond donors (Lipinski definition) is 1. The van der Waals surface area contributed by atoms with Gasteiger partial charge in [-0.05, 0) is 11.8 Å². The van der Waals surface area contributed by atoms with Gasteiger partial charge in [-0.1, -0.05) is 40.5 Å². The van der Waals surface area contributed by atoms with Gasteiger partial charge in [0.2, 0.25) is 0 Å². The Kier molecular flexibility index (Phi) is 5.62. The Morgan fingerprint density at radius 1 is 1.27 bits per heavy atom. The fourth-order valence-corrected chi connectivity index (χ4v) is 2.36. The third kappa shape index (κ3) is 3.76. The highest BCUT2D eigenvalue weighted by molar-refractivity contribution is 4.83. The molecule has 1 aliphatic heterocycles. The van der Waals surface area contributed by atoms with Crippen molar-refractivity contribution in [1.29, 1.82) is 0 Å². The lowest BCUT2D eigenvalue weighted by Crippen LogP contribution is -2.54. The van der Waals surface area contributed by atoms with Crippen LogP contribution in [-0.4, -0.2) is 37.1 Å². The molecule has 0 saturated carbocycles. The van der Waals surface area contributed by atoms with Crippen molar-refractivity contribution in [2.45, 2.75) is 46.6 Å². The summed E-state index contributed by atoms with van der Waals surface area (Å²) in [5, 5.41) is 3.53. The molecule has 1 heterocycles. The molecule has 15 heavy (non-hydrogen) atoms. The molecule has 1 N–H and O–H groups in total. The predicted molar refractivity (Wildman–Crippen MR) is 67.1 cm³/mol. The predicted octanol–water partition coefficient (Wildman–Crippen LogP) is 2.35. The van der Waals surface area contributed by atoms with E-state index < -0.39 is 0 Å². The Morgan fingerprint density at radius 2 is 2.00 bits per heavy atom. The van der Waals surface area contributed by atoms with Crippen molar-refractivity contribution < 1.29 is 0 Å². The van der Waals surface area contributed by atoms with Crippen LogP contribution >= 0.6 is 0 Å². The lowest BCUT2D eigenvalue weighted by Gasteiger charge is -2.40. The van der Waals surface area contributed by atoms with Gasteiger partial charge in [0.15, 0.2) is 0 Å². The van der Waals surface area contributed by atoms with E-state index in [9.17, 15) is 0 Å². The third-order valence-electron chi connectivity index (χ3n) is 3.94. The Hall–Kier alpha value is -0.0800. The van der Waals surface area contributed by atoms with E-state index in [1.54, 1.807) is 0 Å². The second kappa shape index (κ2) is 6.49. The maximum Gasteiger partial charge on any atom is 0.0246 e. The summed E-state index contributed by atoms with van der Waals surface area (Å²) in [6.07, 6.45) is 2.60. The quantitative estimate of drug-likeness (QED) is 0.752. The van der Waals surface area contributed by atoms with Gasteiger partial charge in [-0.2, -0.15) is 0 Å². The van der Waals surface area contributed by atoms with Gasteiger partial charge in [0.1, 0.15) is 0 Å². The zero-order valence-electron chi connectivity index (χ0n) is 10.9. The van der Waals surface area contributed by atoms with E-state index in [0.29, 0.717) is 0 Å². The van der Waals surface area contributed by atoms with E-state index in [4.69, 9.17) is 0 Å². The lowest BCUT2D eigenvalue weighted by molar-refractivity contribution is 0.0997. The van der Waals surface area contributed by atoms with Crippen molar-refractivity contribution in [2.24, 2.45) is 11.8 Å². The van der Waals surface area contributed by atoms with Crippen LogP contribution in [0.5, 0.6) is 0 Å². The number of nitrogens with zero attached hydrogens (tertiary/aromatic N) is 1. The van der Waals surface area contributed by atoms with E-state index in [1.165, 1.54) is 39.0 Å². The van der Waals surface area contributed by atoms with Gasteiger partial charge >= 0.3 is 0 Å². The highest BCUT2D eigenvalue weighted by atomic mass is 15.2. The van der Waals surface area contributed by atoms with E-state index in [2.05, 4.69) is 37.9 Å². The molecule has 3 unspecified atom stereocenters. The number of nitrogens with one attached hydrogen (secondary N) is 1. The maximum atomic E-state index is 3.53. The van der Waals surface area contributed by atoms with Crippen molar-refractivity contribution in [2.75, 3.05) is 26.2 Å². The summed E-state index contributed by atoms with van der Waals surface area (Å²) < 4.78 is 0.